The van der Waals surface area contributed by atoms with E-state index in [1.54, 1.807) is 29.4 Å². The van der Waals surface area contributed by atoms with Crippen LogP contribution in [0.25, 0.3) is 11.4 Å². The van der Waals surface area contributed by atoms with Crippen molar-refractivity contribution in [3.63, 3.8) is 0 Å². The lowest BCUT2D eigenvalue weighted by Gasteiger charge is -2.36. The van der Waals surface area contributed by atoms with Gasteiger partial charge in [0.2, 0.25) is 5.82 Å². The maximum atomic E-state index is 12.5. The van der Waals surface area contributed by atoms with Crippen LogP contribution in [0.15, 0.2) is 29.0 Å². The average molecular weight is 316 g/mol. The second-order valence-electron chi connectivity index (χ2n) is 5.56. The summed E-state index contributed by atoms with van der Waals surface area (Å²) >= 11 is 0. The van der Waals surface area contributed by atoms with Crippen molar-refractivity contribution in [1.29, 1.82) is 0 Å². The molecule has 0 unspecified atom stereocenters. The lowest BCUT2D eigenvalue weighted by Crippen LogP contribution is -2.47. The molecule has 2 aliphatic heterocycles. The van der Waals surface area contributed by atoms with E-state index in [1.165, 1.54) is 0 Å². The lowest BCUT2D eigenvalue weighted by atomic mass is 10.0. The number of hydrogen-bond acceptors (Lipinski definition) is 7. The molecular weight excluding hydrogens is 300 g/mol. The van der Waals surface area contributed by atoms with Gasteiger partial charge in [-0.2, -0.15) is 4.98 Å². The Morgan fingerprint density at radius 1 is 1.13 bits per heavy atom. The topological polar surface area (TPSA) is 90.6 Å². The smallest absolute Gasteiger partial charge is 0.316 e. The van der Waals surface area contributed by atoms with Crippen molar-refractivity contribution in [3.8, 4) is 11.4 Å². The van der Waals surface area contributed by atoms with Crippen LogP contribution in [-0.4, -0.2) is 58.0 Å². The zero-order valence-corrected chi connectivity index (χ0v) is 12.5. The first-order valence-corrected chi connectivity index (χ1v) is 7.57. The van der Waals surface area contributed by atoms with Crippen LogP contribution in [-0.2, 0) is 9.47 Å². The van der Waals surface area contributed by atoms with Crippen LogP contribution < -0.4 is 0 Å². The van der Waals surface area contributed by atoms with E-state index in [9.17, 15) is 4.79 Å². The second-order valence-corrected chi connectivity index (χ2v) is 5.56. The van der Waals surface area contributed by atoms with Gasteiger partial charge in [0.25, 0.3) is 0 Å². The average Bonchev–Trinajstić information content (AvgIpc) is 3.26. The van der Waals surface area contributed by atoms with Gasteiger partial charge in [-0.25, -0.2) is 0 Å². The van der Waals surface area contributed by atoms with Crippen LogP contribution in [0.1, 0.15) is 23.5 Å². The number of carbonyl (C=O) groups excluding carboxylic acids is 1. The fourth-order valence-corrected chi connectivity index (χ4v) is 2.90. The van der Waals surface area contributed by atoms with E-state index >= 15 is 0 Å². The van der Waals surface area contributed by atoms with Crippen molar-refractivity contribution in [3.05, 3.63) is 30.4 Å². The summed E-state index contributed by atoms with van der Waals surface area (Å²) < 4.78 is 16.4. The third kappa shape index (κ3) is 2.71. The Morgan fingerprint density at radius 2 is 1.83 bits per heavy atom. The number of piperidine rings is 1. The SMILES string of the molecule is O=C(c1nc(-c2ccncc2)no1)N1CCC2(CC1)OCCO2. The second kappa shape index (κ2) is 5.71. The van der Waals surface area contributed by atoms with Gasteiger partial charge in [-0.3, -0.25) is 9.78 Å². The molecule has 8 heteroatoms. The molecule has 2 saturated heterocycles. The van der Waals surface area contributed by atoms with Crippen molar-refractivity contribution in [2.24, 2.45) is 0 Å². The lowest BCUT2D eigenvalue weighted by molar-refractivity contribution is -0.181. The molecule has 0 bridgehead atoms. The minimum Gasteiger partial charge on any atom is -0.347 e. The summed E-state index contributed by atoms with van der Waals surface area (Å²) in [4.78, 5) is 22.3. The Balaban J connectivity index is 1.45. The van der Waals surface area contributed by atoms with Gasteiger partial charge in [-0.05, 0) is 12.1 Å². The molecule has 4 heterocycles. The zero-order chi connectivity index (χ0) is 15.7. The Labute approximate surface area is 132 Å². The fourth-order valence-electron chi connectivity index (χ4n) is 2.90. The molecule has 120 valence electrons. The third-order valence-electron chi connectivity index (χ3n) is 4.17. The van der Waals surface area contributed by atoms with Gasteiger partial charge >= 0.3 is 11.8 Å². The van der Waals surface area contributed by atoms with Crippen LogP contribution in [0, 0.1) is 0 Å². The van der Waals surface area contributed by atoms with Gasteiger partial charge in [0, 0.05) is 43.9 Å². The van der Waals surface area contributed by atoms with Gasteiger partial charge in [-0.1, -0.05) is 5.16 Å². The number of nitrogens with zero attached hydrogens (tertiary/aromatic N) is 4. The number of pyridine rings is 1. The maximum Gasteiger partial charge on any atom is 0.316 e. The number of amides is 1. The van der Waals surface area contributed by atoms with Gasteiger partial charge in [0.15, 0.2) is 5.79 Å². The number of carbonyl (C=O) groups is 1. The molecule has 0 atom stereocenters. The molecule has 0 aromatic carbocycles. The molecule has 1 amide bonds. The summed E-state index contributed by atoms with van der Waals surface area (Å²) in [5.74, 6) is -0.383. The van der Waals surface area contributed by atoms with Crippen LogP contribution >= 0.6 is 0 Å². The van der Waals surface area contributed by atoms with Crippen LogP contribution in [0.5, 0.6) is 0 Å². The molecule has 2 aromatic rings. The molecule has 8 nitrogen and oxygen atoms in total. The summed E-state index contributed by atoms with van der Waals surface area (Å²) in [6.45, 7) is 2.33. The van der Waals surface area contributed by atoms with Crippen molar-refractivity contribution < 1.29 is 18.8 Å². The molecule has 23 heavy (non-hydrogen) atoms. The molecule has 0 aliphatic carbocycles. The van der Waals surface area contributed by atoms with E-state index in [0.29, 0.717) is 45.0 Å². The highest BCUT2D eigenvalue weighted by atomic mass is 16.7. The molecule has 2 fully saturated rings. The minimum atomic E-state index is -0.506. The van der Waals surface area contributed by atoms with Crippen LogP contribution in [0.3, 0.4) is 0 Å². The van der Waals surface area contributed by atoms with Crippen molar-refractivity contribution in [1.82, 2.24) is 20.0 Å². The number of rotatable bonds is 2. The van der Waals surface area contributed by atoms with Crippen molar-refractivity contribution >= 4 is 5.91 Å². The number of ether oxygens (including phenoxy) is 2. The minimum absolute atomic E-state index is 0.000945. The first-order valence-electron chi connectivity index (χ1n) is 7.57. The van der Waals surface area contributed by atoms with E-state index in [4.69, 9.17) is 14.0 Å². The normalized spacial score (nSPS) is 20.1. The largest absolute Gasteiger partial charge is 0.347 e. The van der Waals surface area contributed by atoms with Crippen LogP contribution in [0.2, 0.25) is 0 Å². The highest BCUT2D eigenvalue weighted by Gasteiger charge is 2.41. The van der Waals surface area contributed by atoms with Gasteiger partial charge in [-0.15, -0.1) is 0 Å². The molecular formula is C15H16N4O4. The molecule has 4 rings (SSSR count). The highest BCUT2D eigenvalue weighted by molar-refractivity contribution is 5.90. The maximum absolute atomic E-state index is 12.5. The quantitative estimate of drug-likeness (QED) is 0.819. The Bertz CT molecular complexity index is 687. The van der Waals surface area contributed by atoms with E-state index in [0.717, 1.165) is 5.56 Å². The first kappa shape index (κ1) is 14.3. The Kier molecular flexibility index (Phi) is 3.55. The molecule has 0 N–H and O–H groups in total. The summed E-state index contributed by atoms with van der Waals surface area (Å²) in [5.41, 5.74) is 0.758. The van der Waals surface area contributed by atoms with Gasteiger partial charge in [0.1, 0.15) is 0 Å². The Morgan fingerprint density at radius 3 is 2.52 bits per heavy atom. The fraction of sp³-hybridized carbons (Fsp3) is 0.467. The van der Waals surface area contributed by atoms with Crippen LogP contribution in [0.4, 0.5) is 0 Å². The van der Waals surface area contributed by atoms with E-state index in [1.807, 2.05) is 0 Å². The van der Waals surface area contributed by atoms with Crippen molar-refractivity contribution in [2.75, 3.05) is 26.3 Å². The molecule has 2 aromatic heterocycles. The number of likely N-dealkylation sites (tertiary alicyclic amines) is 1. The first-order chi connectivity index (χ1) is 11.3. The standard InChI is InChI=1S/C15H16N4O4/c20-14(19-7-3-15(4-8-19)21-9-10-22-15)13-17-12(18-23-13)11-1-5-16-6-2-11/h1-2,5-6H,3-4,7-10H2. The number of hydrogen-bond donors (Lipinski definition) is 0. The monoisotopic (exact) mass is 316 g/mol. The molecule has 0 radical (unpaired) electrons. The van der Waals surface area contributed by atoms with Gasteiger partial charge in [0.05, 0.1) is 13.2 Å². The summed E-state index contributed by atoms with van der Waals surface area (Å²) in [7, 11) is 0. The van der Waals surface area contributed by atoms with Gasteiger partial charge < -0.3 is 18.9 Å². The Hall–Kier alpha value is -2.32. The van der Waals surface area contributed by atoms with E-state index in [-0.39, 0.29) is 11.8 Å². The number of aromatic nitrogens is 3. The zero-order valence-electron chi connectivity index (χ0n) is 12.5. The third-order valence-corrected chi connectivity index (χ3v) is 4.17. The van der Waals surface area contributed by atoms with Crippen molar-refractivity contribution in [2.45, 2.75) is 18.6 Å². The molecule has 1 spiro atoms. The predicted octanol–water partition coefficient (Wildman–Crippen LogP) is 1.11. The highest BCUT2D eigenvalue weighted by Crippen LogP contribution is 2.31. The summed E-state index contributed by atoms with van der Waals surface area (Å²) in [6, 6.07) is 3.52. The molecule has 2 aliphatic rings. The summed E-state index contributed by atoms with van der Waals surface area (Å²) in [5, 5.41) is 3.86. The summed E-state index contributed by atoms with van der Waals surface area (Å²) in [6.07, 6.45) is 4.59. The van der Waals surface area contributed by atoms with E-state index in [2.05, 4.69) is 15.1 Å². The molecule has 0 saturated carbocycles. The predicted molar refractivity (Wildman–Crippen MR) is 77.3 cm³/mol. The van der Waals surface area contributed by atoms with E-state index < -0.39 is 5.79 Å².